The Morgan fingerprint density at radius 3 is 2.64 bits per heavy atom. The van der Waals surface area contributed by atoms with Gasteiger partial charge >= 0.3 is 0 Å². The number of amides is 1. The summed E-state index contributed by atoms with van der Waals surface area (Å²) in [4.78, 5) is 20.7. The third-order valence-corrected chi connectivity index (χ3v) is 7.77. The summed E-state index contributed by atoms with van der Waals surface area (Å²) in [6, 6.07) is 12.1. The van der Waals surface area contributed by atoms with E-state index in [9.17, 15) is 9.18 Å². The minimum absolute atomic E-state index is 0.00560. The lowest BCUT2D eigenvalue weighted by Crippen LogP contribution is -2.34. The maximum absolute atomic E-state index is 13.3. The molecule has 172 valence electrons. The van der Waals surface area contributed by atoms with E-state index in [0.29, 0.717) is 35.4 Å². The van der Waals surface area contributed by atoms with Crippen molar-refractivity contribution in [2.75, 3.05) is 17.2 Å². The summed E-state index contributed by atoms with van der Waals surface area (Å²) >= 11 is 9.31. The van der Waals surface area contributed by atoms with E-state index >= 15 is 0 Å². The summed E-state index contributed by atoms with van der Waals surface area (Å²) in [6.45, 7) is 6.95. The van der Waals surface area contributed by atoms with Crippen molar-refractivity contribution < 1.29 is 9.18 Å². The fourth-order valence-corrected chi connectivity index (χ4v) is 5.61. The molecule has 0 unspecified atom stereocenters. The first kappa shape index (κ1) is 23.7. The molecule has 0 aliphatic rings. The molecule has 0 bridgehead atoms. The molecule has 0 atom stereocenters. The van der Waals surface area contributed by atoms with Gasteiger partial charge in [0.15, 0.2) is 5.13 Å². The van der Waals surface area contributed by atoms with Gasteiger partial charge < -0.3 is 0 Å². The van der Waals surface area contributed by atoms with Crippen LogP contribution in [0.3, 0.4) is 0 Å². The summed E-state index contributed by atoms with van der Waals surface area (Å²) in [5.74, 6) is 0.322. The molecule has 4 aromatic rings. The number of benzene rings is 2. The molecule has 9 heteroatoms. The van der Waals surface area contributed by atoms with Crippen LogP contribution in [0.25, 0.3) is 10.2 Å². The second kappa shape index (κ2) is 10.2. The molecule has 2 aromatic heterocycles. The smallest absolute Gasteiger partial charge is 0.229 e. The number of anilines is 1. The van der Waals surface area contributed by atoms with Gasteiger partial charge in [0.05, 0.1) is 22.5 Å². The summed E-state index contributed by atoms with van der Waals surface area (Å²) in [7, 11) is 0. The zero-order valence-electron chi connectivity index (χ0n) is 18.6. The monoisotopic (exact) mass is 502 g/mol. The van der Waals surface area contributed by atoms with E-state index in [4.69, 9.17) is 16.6 Å². The van der Waals surface area contributed by atoms with E-state index in [1.807, 2.05) is 43.7 Å². The number of rotatable bonds is 8. The van der Waals surface area contributed by atoms with E-state index in [1.165, 1.54) is 35.2 Å². The minimum atomic E-state index is -0.267. The van der Waals surface area contributed by atoms with Crippen molar-refractivity contribution in [2.45, 2.75) is 38.6 Å². The van der Waals surface area contributed by atoms with E-state index in [1.54, 1.807) is 17.0 Å². The standard InChI is InChI=1S/C24H24ClFN4OS2/c1-15-14-16(2)30(28-15)12-11-29(22(31)10-13-32-19-6-4-18(26)5-7-19)24-27-23-17(3)20(25)8-9-21(23)33-24/h4-9,14H,10-13H2,1-3H3. The van der Waals surface area contributed by atoms with Gasteiger partial charge in [-0.15, -0.1) is 11.8 Å². The number of thiazole rings is 1. The number of thioether (sulfide) groups is 1. The number of nitrogens with zero attached hydrogens (tertiary/aromatic N) is 4. The van der Waals surface area contributed by atoms with Crippen molar-refractivity contribution in [2.24, 2.45) is 0 Å². The van der Waals surface area contributed by atoms with Crippen molar-refractivity contribution in [3.8, 4) is 0 Å². The van der Waals surface area contributed by atoms with Crippen LogP contribution in [-0.2, 0) is 11.3 Å². The molecule has 2 aromatic carbocycles. The Kier molecular flexibility index (Phi) is 7.36. The molecule has 0 saturated carbocycles. The Bertz CT molecular complexity index is 1290. The topological polar surface area (TPSA) is 51.0 Å². The lowest BCUT2D eigenvalue weighted by atomic mass is 10.2. The van der Waals surface area contributed by atoms with Crippen LogP contribution in [0.4, 0.5) is 9.52 Å². The number of aryl methyl sites for hydroxylation is 3. The fraction of sp³-hybridized carbons (Fsp3) is 0.292. The number of fused-ring (bicyclic) bond motifs is 1. The predicted molar refractivity (Wildman–Crippen MR) is 135 cm³/mol. The van der Waals surface area contributed by atoms with Crippen LogP contribution in [0.15, 0.2) is 47.4 Å². The van der Waals surface area contributed by atoms with Gasteiger partial charge in [0.25, 0.3) is 0 Å². The number of hydrogen-bond donors (Lipinski definition) is 0. The summed E-state index contributed by atoms with van der Waals surface area (Å²) in [5, 5.41) is 5.85. The average Bonchev–Trinajstić information content (AvgIpc) is 3.35. The average molecular weight is 503 g/mol. The van der Waals surface area contributed by atoms with Gasteiger partial charge in [-0.1, -0.05) is 22.9 Å². The van der Waals surface area contributed by atoms with Crippen molar-refractivity contribution in [1.29, 1.82) is 0 Å². The Hall–Kier alpha value is -2.42. The van der Waals surface area contributed by atoms with Crippen molar-refractivity contribution >= 4 is 56.0 Å². The molecule has 0 saturated heterocycles. The lowest BCUT2D eigenvalue weighted by Gasteiger charge is -2.20. The van der Waals surface area contributed by atoms with Gasteiger partial charge in [-0.25, -0.2) is 9.37 Å². The Morgan fingerprint density at radius 1 is 1.18 bits per heavy atom. The molecule has 2 heterocycles. The number of carbonyl (C=O) groups excluding carboxylic acids is 1. The number of hydrogen-bond acceptors (Lipinski definition) is 5. The van der Waals surface area contributed by atoms with Gasteiger partial charge in [-0.05, 0) is 68.8 Å². The number of aromatic nitrogens is 3. The molecule has 0 aliphatic carbocycles. The van der Waals surface area contributed by atoms with Crippen molar-refractivity contribution in [3.05, 3.63) is 70.3 Å². The lowest BCUT2D eigenvalue weighted by molar-refractivity contribution is -0.118. The Morgan fingerprint density at radius 2 is 1.94 bits per heavy atom. The highest BCUT2D eigenvalue weighted by atomic mass is 35.5. The second-order valence-electron chi connectivity index (χ2n) is 7.76. The normalized spacial score (nSPS) is 11.3. The first-order valence-corrected chi connectivity index (χ1v) is 12.8. The largest absolute Gasteiger partial charge is 0.286 e. The zero-order valence-corrected chi connectivity index (χ0v) is 21.0. The molecule has 0 radical (unpaired) electrons. The van der Waals surface area contributed by atoms with Gasteiger partial charge in [0, 0.05) is 34.3 Å². The third kappa shape index (κ3) is 5.57. The first-order chi connectivity index (χ1) is 15.8. The summed E-state index contributed by atoms with van der Waals surface area (Å²) in [6.07, 6.45) is 0.342. The molecule has 0 fully saturated rings. The van der Waals surface area contributed by atoms with Crippen LogP contribution in [0.2, 0.25) is 5.02 Å². The number of halogens is 2. The molecule has 1 amide bonds. The highest BCUT2D eigenvalue weighted by Crippen LogP contribution is 2.34. The van der Waals surface area contributed by atoms with Gasteiger partial charge in [-0.2, -0.15) is 5.10 Å². The van der Waals surface area contributed by atoms with Crippen LogP contribution in [-0.4, -0.2) is 33.0 Å². The van der Waals surface area contributed by atoms with Crippen molar-refractivity contribution in [1.82, 2.24) is 14.8 Å². The molecule has 0 spiro atoms. The Balaban J connectivity index is 1.53. The fourth-order valence-electron chi connectivity index (χ4n) is 3.55. The molecule has 0 N–H and O–H groups in total. The SMILES string of the molecule is Cc1cc(C)n(CCN(C(=O)CCSc2ccc(F)cc2)c2nc3c(C)c(Cl)ccc3s2)n1. The molecule has 4 rings (SSSR count). The second-order valence-corrected chi connectivity index (χ2v) is 10.3. The first-order valence-electron chi connectivity index (χ1n) is 10.6. The maximum atomic E-state index is 13.3. The molecule has 0 aliphatic heterocycles. The van der Waals surface area contributed by atoms with Crippen LogP contribution < -0.4 is 4.90 Å². The van der Waals surface area contributed by atoms with Crippen LogP contribution in [0.1, 0.15) is 23.4 Å². The molecular weight excluding hydrogens is 479 g/mol. The van der Waals surface area contributed by atoms with Crippen LogP contribution >= 0.6 is 34.7 Å². The van der Waals surface area contributed by atoms with Gasteiger partial charge in [-0.3, -0.25) is 14.4 Å². The molecule has 5 nitrogen and oxygen atoms in total. The van der Waals surface area contributed by atoms with E-state index < -0.39 is 0 Å². The summed E-state index contributed by atoms with van der Waals surface area (Å²) < 4.78 is 16.0. The minimum Gasteiger partial charge on any atom is -0.286 e. The third-order valence-electron chi connectivity index (χ3n) is 5.31. The maximum Gasteiger partial charge on any atom is 0.229 e. The number of carbonyl (C=O) groups is 1. The highest BCUT2D eigenvalue weighted by Gasteiger charge is 2.21. The predicted octanol–water partition coefficient (Wildman–Crippen LogP) is 6.43. The molecule has 33 heavy (non-hydrogen) atoms. The van der Waals surface area contributed by atoms with E-state index in [-0.39, 0.29) is 11.7 Å². The summed E-state index contributed by atoms with van der Waals surface area (Å²) in [5.41, 5.74) is 3.74. The zero-order chi connectivity index (χ0) is 23.5. The van der Waals surface area contributed by atoms with Crippen molar-refractivity contribution in [3.63, 3.8) is 0 Å². The highest BCUT2D eigenvalue weighted by molar-refractivity contribution is 7.99. The van der Waals surface area contributed by atoms with Crippen LogP contribution in [0, 0.1) is 26.6 Å². The van der Waals surface area contributed by atoms with E-state index in [2.05, 4.69) is 5.10 Å². The molecular formula is C24H24ClFN4OS2. The van der Waals surface area contributed by atoms with E-state index in [0.717, 1.165) is 32.1 Å². The van der Waals surface area contributed by atoms with Crippen LogP contribution in [0.5, 0.6) is 0 Å². The quantitative estimate of drug-likeness (QED) is 0.261. The van der Waals surface area contributed by atoms with Gasteiger partial charge in [0.2, 0.25) is 5.91 Å². The van der Waals surface area contributed by atoms with Gasteiger partial charge in [0.1, 0.15) is 5.82 Å². The Labute approximate surface area is 205 Å².